The molecule has 4 aromatic rings. The van der Waals surface area contributed by atoms with E-state index in [-0.39, 0.29) is 27.7 Å². The summed E-state index contributed by atoms with van der Waals surface area (Å²) in [5, 5.41) is 11.0. The van der Waals surface area contributed by atoms with Crippen LogP contribution < -0.4 is 19.5 Å². The standard InChI is InChI=1S/C25H24N4O6S2/c1-3-34-22-7-5-4-6-21(22)26-23(30)16-36-25-28-27-24(35-25)17-8-10-18(11-9-17)29-37(31,32)20-14-12-19(33-2)13-15-20/h4-15,29H,3,16H2,1-2H3,(H,26,30). The molecule has 0 bridgehead atoms. The van der Waals surface area contributed by atoms with Gasteiger partial charge in [-0.3, -0.25) is 9.52 Å². The predicted octanol–water partition coefficient (Wildman–Crippen LogP) is 4.68. The third-order valence-electron chi connectivity index (χ3n) is 4.95. The van der Waals surface area contributed by atoms with E-state index in [0.29, 0.717) is 35.0 Å². The fourth-order valence-corrected chi connectivity index (χ4v) is 4.82. The Morgan fingerprint density at radius 3 is 2.43 bits per heavy atom. The summed E-state index contributed by atoms with van der Waals surface area (Å²) in [5.41, 5.74) is 1.56. The molecule has 1 heterocycles. The second kappa shape index (κ2) is 11.8. The van der Waals surface area contributed by atoms with Crippen molar-refractivity contribution in [3.63, 3.8) is 0 Å². The molecule has 0 aliphatic heterocycles. The van der Waals surface area contributed by atoms with E-state index in [0.717, 1.165) is 11.8 Å². The number of carbonyl (C=O) groups excluding carboxylic acids is 1. The van der Waals surface area contributed by atoms with E-state index in [1.165, 1.54) is 19.2 Å². The van der Waals surface area contributed by atoms with Crippen molar-refractivity contribution >= 4 is 39.1 Å². The molecule has 0 aliphatic rings. The molecule has 2 N–H and O–H groups in total. The van der Waals surface area contributed by atoms with Crippen LogP contribution in [0.1, 0.15) is 6.92 Å². The SMILES string of the molecule is CCOc1ccccc1NC(=O)CSc1nnc(-c2ccc(NS(=O)(=O)c3ccc(OC)cc3)cc2)o1. The quantitative estimate of drug-likeness (QED) is 0.260. The first-order chi connectivity index (χ1) is 17.9. The van der Waals surface area contributed by atoms with E-state index in [1.54, 1.807) is 48.5 Å². The van der Waals surface area contributed by atoms with Crippen LogP contribution in [0.4, 0.5) is 11.4 Å². The summed E-state index contributed by atoms with van der Waals surface area (Å²) >= 11 is 1.10. The normalized spacial score (nSPS) is 11.1. The van der Waals surface area contributed by atoms with Gasteiger partial charge in [-0.05, 0) is 67.6 Å². The lowest BCUT2D eigenvalue weighted by molar-refractivity contribution is -0.113. The van der Waals surface area contributed by atoms with Crippen molar-refractivity contribution in [1.82, 2.24) is 10.2 Å². The Labute approximate surface area is 218 Å². The fourth-order valence-electron chi connectivity index (χ4n) is 3.20. The minimum absolute atomic E-state index is 0.0637. The molecule has 0 radical (unpaired) electrons. The average Bonchev–Trinajstić information content (AvgIpc) is 3.38. The number of rotatable bonds is 11. The number of hydrogen-bond acceptors (Lipinski definition) is 9. The van der Waals surface area contributed by atoms with Crippen molar-refractivity contribution in [2.45, 2.75) is 17.0 Å². The second-order valence-electron chi connectivity index (χ2n) is 7.50. The maximum atomic E-state index is 12.6. The highest BCUT2D eigenvalue weighted by molar-refractivity contribution is 7.99. The topological polar surface area (TPSA) is 133 Å². The van der Waals surface area contributed by atoms with E-state index in [4.69, 9.17) is 13.9 Å². The minimum atomic E-state index is -3.76. The van der Waals surface area contributed by atoms with E-state index < -0.39 is 10.0 Å². The van der Waals surface area contributed by atoms with Crippen molar-refractivity contribution in [3.8, 4) is 23.0 Å². The Morgan fingerprint density at radius 2 is 1.73 bits per heavy atom. The van der Waals surface area contributed by atoms with E-state index in [2.05, 4.69) is 20.2 Å². The molecule has 0 fully saturated rings. The Hall–Kier alpha value is -4.03. The third kappa shape index (κ3) is 6.80. The van der Waals surface area contributed by atoms with Gasteiger partial charge in [-0.2, -0.15) is 0 Å². The molecule has 10 nitrogen and oxygen atoms in total. The molecule has 0 spiro atoms. The maximum absolute atomic E-state index is 12.6. The molecule has 3 aromatic carbocycles. The minimum Gasteiger partial charge on any atom is -0.497 e. The Bertz CT molecular complexity index is 1460. The van der Waals surface area contributed by atoms with Crippen molar-refractivity contribution in [3.05, 3.63) is 72.8 Å². The summed E-state index contributed by atoms with van der Waals surface area (Å²) in [6, 6.07) is 19.8. The van der Waals surface area contributed by atoms with Gasteiger partial charge in [0, 0.05) is 11.3 Å². The summed E-state index contributed by atoms with van der Waals surface area (Å²) in [4.78, 5) is 12.5. The van der Waals surface area contributed by atoms with Gasteiger partial charge in [0.05, 0.1) is 30.1 Å². The molecule has 0 unspecified atom stereocenters. The zero-order valence-electron chi connectivity index (χ0n) is 20.0. The first-order valence-electron chi connectivity index (χ1n) is 11.1. The van der Waals surface area contributed by atoms with E-state index >= 15 is 0 Å². The van der Waals surface area contributed by atoms with Gasteiger partial charge in [0.15, 0.2) is 0 Å². The number of carbonyl (C=O) groups is 1. The van der Waals surface area contributed by atoms with Crippen LogP contribution in [0.5, 0.6) is 11.5 Å². The molecule has 1 amide bonds. The molecule has 192 valence electrons. The number of benzene rings is 3. The lowest BCUT2D eigenvalue weighted by Gasteiger charge is -2.10. The highest BCUT2D eigenvalue weighted by Gasteiger charge is 2.16. The number of para-hydroxylation sites is 2. The molecule has 0 aliphatic carbocycles. The largest absolute Gasteiger partial charge is 0.497 e. The van der Waals surface area contributed by atoms with Gasteiger partial charge in [0.1, 0.15) is 11.5 Å². The molecule has 12 heteroatoms. The van der Waals surface area contributed by atoms with Crippen LogP contribution in [0.25, 0.3) is 11.5 Å². The van der Waals surface area contributed by atoms with Gasteiger partial charge >= 0.3 is 0 Å². The Morgan fingerprint density at radius 1 is 1.00 bits per heavy atom. The van der Waals surface area contributed by atoms with E-state index in [9.17, 15) is 13.2 Å². The summed E-state index contributed by atoms with van der Waals surface area (Å²) in [6.07, 6.45) is 0. The number of sulfonamides is 1. The van der Waals surface area contributed by atoms with Crippen LogP contribution in [0, 0.1) is 0 Å². The van der Waals surface area contributed by atoms with Crippen molar-refractivity contribution in [2.24, 2.45) is 0 Å². The van der Waals surface area contributed by atoms with Gasteiger partial charge in [-0.25, -0.2) is 8.42 Å². The Kier molecular flexibility index (Phi) is 8.31. The van der Waals surface area contributed by atoms with Gasteiger partial charge in [0.2, 0.25) is 11.8 Å². The molecule has 0 atom stereocenters. The molecule has 4 rings (SSSR count). The van der Waals surface area contributed by atoms with Gasteiger partial charge < -0.3 is 19.2 Å². The zero-order valence-corrected chi connectivity index (χ0v) is 21.6. The molecule has 0 saturated carbocycles. The number of nitrogens with zero attached hydrogens (tertiary/aromatic N) is 2. The van der Waals surface area contributed by atoms with E-state index in [1.807, 2.05) is 19.1 Å². The maximum Gasteiger partial charge on any atom is 0.277 e. The number of aromatic nitrogens is 2. The lowest BCUT2D eigenvalue weighted by atomic mass is 10.2. The number of amides is 1. The number of methoxy groups -OCH3 is 1. The van der Waals surface area contributed by atoms with Crippen LogP contribution in [0.3, 0.4) is 0 Å². The Balaban J connectivity index is 1.34. The monoisotopic (exact) mass is 540 g/mol. The number of anilines is 2. The highest BCUT2D eigenvalue weighted by atomic mass is 32.2. The van der Waals surface area contributed by atoms with Crippen molar-refractivity contribution < 1.29 is 27.1 Å². The summed E-state index contributed by atoms with van der Waals surface area (Å²) in [6.45, 7) is 2.36. The van der Waals surface area contributed by atoms with Crippen LogP contribution in [-0.2, 0) is 14.8 Å². The van der Waals surface area contributed by atoms with Crippen LogP contribution in [-0.4, -0.2) is 44.0 Å². The zero-order chi connectivity index (χ0) is 26.3. The highest BCUT2D eigenvalue weighted by Crippen LogP contribution is 2.27. The number of hydrogen-bond donors (Lipinski definition) is 2. The average molecular weight is 541 g/mol. The smallest absolute Gasteiger partial charge is 0.277 e. The van der Waals surface area contributed by atoms with Crippen LogP contribution in [0.2, 0.25) is 0 Å². The summed E-state index contributed by atoms with van der Waals surface area (Å²) < 4.78 is 44.0. The first kappa shape index (κ1) is 26.0. The summed E-state index contributed by atoms with van der Waals surface area (Å²) in [7, 11) is -2.25. The number of ether oxygens (including phenoxy) is 2. The van der Waals surface area contributed by atoms with Gasteiger partial charge in [-0.15, -0.1) is 10.2 Å². The fraction of sp³-hybridized carbons (Fsp3) is 0.160. The van der Waals surface area contributed by atoms with Crippen molar-refractivity contribution in [1.29, 1.82) is 0 Å². The van der Waals surface area contributed by atoms with Crippen LogP contribution in [0.15, 0.2) is 87.3 Å². The second-order valence-corrected chi connectivity index (χ2v) is 10.1. The lowest BCUT2D eigenvalue weighted by Crippen LogP contribution is -2.14. The third-order valence-corrected chi connectivity index (χ3v) is 7.16. The predicted molar refractivity (Wildman–Crippen MR) is 141 cm³/mol. The number of thioether (sulfide) groups is 1. The number of nitrogens with one attached hydrogen (secondary N) is 2. The molecule has 37 heavy (non-hydrogen) atoms. The molecular weight excluding hydrogens is 516 g/mol. The van der Waals surface area contributed by atoms with Gasteiger partial charge in [0.25, 0.3) is 15.2 Å². The van der Waals surface area contributed by atoms with Gasteiger partial charge in [-0.1, -0.05) is 23.9 Å². The molecular formula is C25H24N4O6S2. The van der Waals surface area contributed by atoms with Crippen molar-refractivity contribution in [2.75, 3.05) is 29.5 Å². The molecule has 1 aromatic heterocycles. The summed E-state index contributed by atoms with van der Waals surface area (Å²) in [5.74, 6) is 1.22. The first-order valence-corrected chi connectivity index (χ1v) is 13.6. The van der Waals surface area contributed by atoms with Crippen LogP contribution >= 0.6 is 11.8 Å². The molecule has 0 saturated heterocycles.